The third-order valence-electron chi connectivity index (χ3n) is 1.83. The highest BCUT2D eigenvalue weighted by Crippen LogP contribution is 2.07. The van der Waals surface area contributed by atoms with Crippen molar-refractivity contribution in [2.75, 3.05) is 25.1 Å². The van der Waals surface area contributed by atoms with Crippen LogP contribution in [0.1, 0.15) is 5.56 Å². The van der Waals surface area contributed by atoms with Crippen molar-refractivity contribution >= 4 is 11.6 Å². The molecule has 0 aliphatic carbocycles. The normalized spacial score (nSPS) is 10.0. The topological polar surface area (TPSA) is 64.3 Å². The number of carbonyl (C=O) groups is 1. The van der Waals surface area contributed by atoms with Crippen molar-refractivity contribution in [3.05, 3.63) is 29.8 Å². The first-order chi connectivity index (χ1) is 7.22. The van der Waals surface area contributed by atoms with Gasteiger partial charge in [-0.15, -0.1) is 0 Å². The minimum Gasteiger partial charge on any atom is -0.370 e. The van der Waals surface area contributed by atoms with E-state index in [4.69, 9.17) is 10.5 Å². The molecule has 0 aromatic heterocycles. The number of rotatable bonds is 5. The Bertz CT molecular complexity index is 309. The highest BCUT2D eigenvalue weighted by Gasteiger charge is 2.01. The van der Waals surface area contributed by atoms with E-state index in [0.29, 0.717) is 13.2 Å². The third-order valence-corrected chi connectivity index (χ3v) is 1.83. The number of nitrogens with one attached hydrogen (secondary N) is 1. The summed E-state index contributed by atoms with van der Waals surface area (Å²) in [6, 6.07) is 7.60. The van der Waals surface area contributed by atoms with Gasteiger partial charge in [0.2, 0.25) is 5.91 Å². The van der Waals surface area contributed by atoms with Crippen LogP contribution in [0.4, 0.5) is 5.69 Å². The maximum atomic E-state index is 11.3. The molecule has 3 N–H and O–H groups in total. The standard InChI is InChI=1S/C11H16N2O2/c1-9-2-4-10(5-3-9)13-11(14)8-15-7-6-12/h2-5H,6-8,12H2,1H3,(H,13,14). The van der Waals surface area contributed by atoms with Crippen LogP contribution in [-0.4, -0.2) is 25.7 Å². The first-order valence-electron chi connectivity index (χ1n) is 4.86. The van der Waals surface area contributed by atoms with E-state index < -0.39 is 0 Å². The van der Waals surface area contributed by atoms with Crippen LogP contribution in [0.15, 0.2) is 24.3 Å². The Morgan fingerprint density at radius 2 is 2.07 bits per heavy atom. The van der Waals surface area contributed by atoms with Gasteiger partial charge in [-0.25, -0.2) is 0 Å². The Kier molecular flexibility index (Phi) is 4.80. The monoisotopic (exact) mass is 208 g/mol. The van der Waals surface area contributed by atoms with E-state index >= 15 is 0 Å². The van der Waals surface area contributed by atoms with Crippen molar-refractivity contribution in [2.45, 2.75) is 6.92 Å². The van der Waals surface area contributed by atoms with Gasteiger partial charge in [-0.2, -0.15) is 0 Å². The van der Waals surface area contributed by atoms with Crippen LogP contribution in [0.2, 0.25) is 0 Å². The van der Waals surface area contributed by atoms with E-state index in [9.17, 15) is 4.79 Å². The maximum Gasteiger partial charge on any atom is 0.250 e. The van der Waals surface area contributed by atoms with Crippen molar-refractivity contribution in [1.82, 2.24) is 0 Å². The molecule has 15 heavy (non-hydrogen) atoms. The summed E-state index contributed by atoms with van der Waals surface area (Å²) in [5, 5.41) is 2.72. The number of aryl methyl sites for hydroxylation is 1. The minimum absolute atomic E-state index is 0.0467. The van der Waals surface area contributed by atoms with Crippen LogP contribution in [0.25, 0.3) is 0 Å². The second-order valence-electron chi connectivity index (χ2n) is 3.26. The van der Waals surface area contributed by atoms with Crippen LogP contribution >= 0.6 is 0 Å². The van der Waals surface area contributed by atoms with Crippen LogP contribution in [-0.2, 0) is 9.53 Å². The lowest BCUT2D eigenvalue weighted by atomic mass is 10.2. The molecule has 1 aromatic carbocycles. The Morgan fingerprint density at radius 1 is 1.40 bits per heavy atom. The summed E-state index contributed by atoms with van der Waals surface area (Å²) < 4.78 is 5.00. The molecule has 0 fully saturated rings. The Morgan fingerprint density at radius 3 is 2.67 bits per heavy atom. The van der Waals surface area contributed by atoms with Crippen molar-refractivity contribution in [2.24, 2.45) is 5.73 Å². The lowest BCUT2D eigenvalue weighted by Crippen LogP contribution is -2.20. The number of benzene rings is 1. The molecule has 0 aliphatic heterocycles. The average molecular weight is 208 g/mol. The van der Waals surface area contributed by atoms with Crippen molar-refractivity contribution < 1.29 is 9.53 Å². The Hall–Kier alpha value is -1.39. The molecule has 82 valence electrons. The van der Waals surface area contributed by atoms with Gasteiger partial charge in [0.1, 0.15) is 6.61 Å². The minimum atomic E-state index is -0.160. The third kappa shape index (κ3) is 4.58. The second-order valence-corrected chi connectivity index (χ2v) is 3.26. The van der Waals surface area contributed by atoms with Gasteiger partial charge in [0, 0.05) is 12.2 Å². The molecule has 0 unspecified atom stereocenters. The smallest absolute Gasteiger partial charge is 0.250 e. The maximum absolute atomic E-state index is 11.3. The molecule has 0 radical (unpaired) electrons. The number of anilines is 1. The highest BCUT2D eigenvalue weighted by atomic mass is 16.5. The lowest BCUT2D eigenvalue weighted by molar-refractivity contribution is -0.120. The van der Waals surface area contributed by atoms with E-state index in [0.717, 1.165) is 11.3 Å². The van der Waals surface area contributed by atoms with E-state index in [1.165, 1.54) is 0 Å². The van der Waals surface area contributed by atoms with Gasteiger partial charge in [-0.05, 0) is 19.1 Å². The molecular weight excluding hydrogens is 192 g/mol. The van der Waals surface area contributed by atoms with Gasteiger partial charge in [0.25, 0.3) is 0 Å². The SMILES string of the molecule is Cc1ccc(NC(=O)COCCN)cc1. The highest BCUT2D eigenvalue weighted by molar-refractivity contribution is 5.91. The van der Waals surface area contributed by atoms with Crippen LogP contribution < -0.4 is 11.1 Å². The van der Waals surface area contributed by atoms with E-state index in [1.54, 1.807) is 0 Å². The molecule has 0 bridgehead atoms. The molecule has 0 aliphatic rings. The first kappa shape index (κ1) is 11.7. The molecule has 0 saturated carbocycles. The fourth-order valence-electron chi connectivity index (χ4n) is 1.08. The summed E-state index contributed by atoms with van der Waals surface area (Å²) in [7, 11) is 0. The molecule has 0 spiro atoms. The second kappa shape index (κ2) is 6.16. The molecule has 4 heteroatoms. The molecular formula is C11H16N2O2. The van der Waals surface area contributed by atoms with Crippen molar-refractivity contribution in [3.8, 4) is 0 Å². The zero-order chi connectivity index (χ0) is 11.1. The first-order valence-corrected chi connectivity index (χ1v) is 4.86. The average Bonchev–Trinajstić information content (AvgIpc) is 2.22. The number of hydrogen-bond donors (Lipinski definition) is 2. The van der Waals surface area contributed by atoms with Gasteiger partial charge in [0.05, 0.1) is 6.61 Å². The molecule has 1 rings (SSSR count). The number of nitrogens with two attached hydrogens (primary N) is 1. The van der Waals surface area contributed by atoms with Crippen molar-refractivity contribution in [3.63, 3.8) is 0 Å². The van der Waals surface area contributed by atoms with Gasteiger partial charge in [-0.1, -0.05) is 17.7 Å². The lowest BCUT2D eigenvalue weighted by Gasteiger charge is -2.05. The molecule has 1 amide bonds. The summed E-state index contributed by atoms with van der Waals surface area (Å²) in [5.41, 5.74) is 7.17. The van der Waals surface area contributed by atoms with Gasteiger partial charge in [0.15, 0.2) is 0 Å². The molecule has 0 saturated heterocycles. The summed E-state index contributed by atoms with van der Waals surface area (Å²) in [6.07, 6.45) is 0. The summed E-state index contributed by atoms with van der Waals surface area (Å²) in [4.78, 5) is 11.3. The Balaban J connectivity index is 2.34. The Labute approximate surface area is 89.4 Å². The molecule has 0 atom stereocenters. The molecule has 0 heterocycles. The summed E-state index contributed by atoms with van der Waals surface area (Å²) in [6.45, 7) is 2.88. The predicted octanol–water partition coefficient (Wildman–Crippen LogP) is 0.909. The molecule has 1 aromatic rings. The number of amides is 1. The van der Waals surface area contributed by atoms with Crippen LogP contribution in [0.3, 0.4) is 0 Å². The van der Waals surface area contributed by atoms with E-state index in [1.807, 2.05) is 31.2 Å². The van der Waals surface area contributed by atoms with Gasteiger partial charge < -0.3 is 15.8 Å². The zero-order valence-corrected chi connectivity index (χ0v) is 8.82. The number of hydrogen-bond acceptors (Lipinski definition) is 3. The number of ether oxygens (including phenoxy) is 1. The van der Waals surface area contributed by atoms with Crippen molar-refractivity contribution in [1.29, 1.82) is 0 Å². The van der Waals surface area contributed by atoms with Crippen LogP contribution in [0.5, 0.6) is 0 Å². The van der Waals surface area contributed by atoms with Gasteiger partial charge >= 0.3 is 0 Å². The fourth-order valence-corrected chi connectivity index (χ4v) is 1.08. The summed E-state index contributed by atoms with van der Waals surface area (Å²) >= 11 is 0. The van der Waals surface area contributed by atoms with Crippen LogP contribution in [0, 0.1) is 6.92 Å². The zero-order valence-electron chi connectivity index (χ0n) is 8.82. The predicted molar refractivity (Wildman–Crippen MR) is 59.7 cm³/mol. The fraction of sp³-hybridized carbons (Fsp3) is 0.364. The largest absolute Gasteiger partial charge is 0.370 e. The van der Waals surface area contributed by atoms with E-state index in [-0.39, 0.29) is 12.5 Å². The number of carbonyl (C=O) groups excluding carboxylic acids is 1. The molecule has 4 nitrogen and oxygen atoms in total. The summed E-state index contributed by atoms with van der Waals surface area (Å²) in [5.74, 6) is -0.160. The van der Waals surface area contributed by atoms with E-state index in [2.05, 4.69) is 5.32 Å². The quantitative estimate of drug-likeness (QED) is 0.707. The van der Waals surface area contributed by atoms with Gasteiger partial charge in [-0.3, -0.25) is 4.79 Å².